The predicted octanol–water partition coefficient (Wildman–Crippen LogP) is 1.49. The van der Waals surface area contributed by atoms with Gasteiger partial charge in [0.1, 0.15) is 6.04 Å². The van der Waals surface area contributed by atoms with Gasteiger partial charge in [-0.2, -0.15) is 5.10 Å². The van der Waals surface area contributed by atoms with Crippen molar-refractivity contribution in [1.29, 1.82) is 0 Å². The number of amides is 1. The first kappa shape index (κ1) is 20.6. The molecule has 160 valence electrons. The summed E-state index contributed by atoms with van der Waals surface area (Å²) in [7, 11) is -3.83. The normalized spacial score (nSPS) is 13.6. The standard InChI is InChI=1S/C20H18N4O6S/c1-12(20(26)22-14-3-5-15(6-4-14)31(21,27)28)24-19(25)9-7-16(23-24)13-2-8-17-18(10-13)30-11-29-17/h2-10,12H,11H2,1H3,(H,22,26)(H2,21,27,28). The lowest BCUT2D eigenvalue weighted by atomic mass is 10.1. The van der Waals surface area contributed by atoms with Crippen LogP contribution in [0.3, 0.4) is 0 Å². The number of nitrogens with two attached hydrogens (primary N) is 1. The molecule has 1 unspecified atom stereocenters. The molecule has 1 aromatic heterocycles. The van der Waals surface area contributed by atoms with Gasteiger partial charge in [-0.15, -0.1) is 0 Å². The van der Waals surface area contributed by atoms with Gasteiger partial charge in [0.25, 0.3) is 5.56 Å². The average Bonchev–Trinajstić information content (AvgIpc) is 3.21. The van der Waals surface area contributed by atoms with Crippen molar-refractivity contribution in [3.05, 3.63) is 65.0 Å². The molecule has 2 heterocycles. The van der Waals surface area contributed by atoms with Gasteiger partial charge in [0, 0.05) is 17.3 Å². The van der Waals surface area contributed by atoms with Crippen LogP contribution < -0.4 is 25.5 Å². The summed E-state index contributed by atoms with van der Waals surface area (Å²) in [5, 5.41) is 12.0. The lowest BCUT2D eigenvalue weighted by Gasteiger charge is -2.15. The molecule has 4 rings (SSSR count). The van der Waals surface area contributed by atoms with Crippen molar-refractivity contribution in [2.75, 3.05) is 12.1 Å². The highest BCUT2D eigenvalue weighted by molar-refractivity contribution is 7.89. The van der Waals surface area contributed by atoms with Gasteiger partial charge in [-0.05, 0) is 55.5 Å². The molecule has 0 saturated heterocycles. The first-order chi connectivity index (χ1) is 14.7. The third kappa shape index (κ3) is 4.27. The third-order valence-corrected chi connectivity index (χ3v) is 5.62. The number of carbonyl (C=O) groups excluding carboxylic acids is 1. The van der Waals surface area contributed by atoms with Gasteiger partial charge in [0.15, 0.2) is 11.5 Å². The van der Waals surface area contributed by atoms with Crippen molar-refractivity contribution in [2.45, 2.75) is 17.9 Å². The Balaban J connectivity index is 1.56. The molecule has 1 amide bonds. The number of aromatic nitrogens is 2. The fourth-order valence-electron chi connectivity index (χ4n) is 3.00. The predicted molar refractivity (Wildman–Crippen MR) is 111 cm³/mol. The van der Waals surface area contributed by atoms with Crippen molar-refractivity contribution >= 4 is 21.6 Å². The van der Waals surface area contributed by atoms with Crippen molar-refractivity contribution in [2.24, 2.45) is 5.14 Å². The van der Waals surface area contributed by atoms with E-state index in [2.05, 4.69) is 10.4 Å². The van der Waals surface area contributed by atoms with Crippen molar-refractivity contribution < 1.29 is 22.7 Å². The molecule has 0 bridgehead atoms. The van der Waals surface area contributed by atoms with E-state index < -0.39 is 27.5 Å². The number of hydrogen-bond donors (Lipinski definition) is 2. The molecular weight excluding hydrogens is 424 g/mol. The number of hydrogen-bond acceptors (Lipinski definition) is 7. The molecule has 2 aromatic carbocycles. The topological polar surface area (TPSA) is 143 Å². The number of fused-ring (bicyclic) bond motifs is 1. The molecule has 0 aliphatic carbocycles. The van der Waals surface area contributed by atoms with E-state index in [1.165, 1.54) is 37.3 Å². The van der Waals surface area contributed by atoms with Crippen LogP contribution >= 0.6 is 0 Å². The summed E-state index contributed by atoms with van der Waals surface area (Å²) >= 11 is 0. The number of sulfonamides is 1. The summed E-state index contributed by atoms with van der Waals surface area (Å²) in [6.45, 7) is 1.67. The summed E-state index contributed by atoms with van der Waals surface area (Å²) in [6, 6.07) is 12.6. The fourth-order valence-corrected chi connectivity index (χ4v) is 3.51. The molecule has 10 nitrogen and oxygen atoms in total. The first-order valence-corrected chi connectivity index (χ1v) is 10.7. The van der Waals surface area contributed by atoms with E-state index in [9.17, 15) is 18.0 Å². The Hall–Kier alpha value is -3.70. The zero-order valence-electron chi connectivity index (χ0n) is 16.3. The molecule has 1 atom stereocenters. The molecule has 0 saturated carbocycles. The molecule has 31 heavy (non-hydrogen) atoms. The van der Waals surface area contributed by atoms with Gasteiger partial charge in [0.05, 0.1) is 10.6 Å². The minimum absolute atomic E-state index is 0.0761. The number of primary sulfonamides is 1. The van der Waals surface area contributed by atoms with Gasteiger partial charge in [-0.3, -0.25) is 9.59 Å². The first-order valence-electron chi connectivity index (χ1n) is 9.16. The summed E-state index contributed by atoms with van der Waals surface area (Å²) in [4.78, 5) is 24.9. The largest absolute Gasteiger partial charge is 0.454 e. The lowest BCUT2D eigenvalue weighted by Crippen LogP contribution is -2.33. The van der Waals surface area contributed by atoms with Crippen LogP contribution in [-0.4, -0.2) is 30.9 Å². The van der Waals surface area contributed by atoms with E-state index in [4.69, 9.17) is 14.6 Å². The Labute approximate surface area is 177 Å². The monoisotopic (exact) mass is 442 g/mol. The fraction of sp³-hybridized carbons (Fsp3) is 0.150. The minimum Gasteiger partial charge on any atom is -0.454 e. The van der Waals surface area contributed by atoms with Crippen LogP contribution in [0.2, 0.25) is 0 Å². The summed E-state index contributed by atoms with van der Waals surface area (Å²) < 4.78 is 34.4. The molecule has 0 spiro atoms. The molecule has 0 radical (unpaired) electrons. The number of ether oxygens (including phenoxy) is 2. The quantitative estimate of drug-likeness (QED) is 0.609. The van der Waals surface area contributed by atoms with Gasteiger partial charge >= 0.3 is 0 Å². The number of benzene rings is 2. The van der Waals surface area contributed by atoms with E-state index in [-0.39, 0.29) is 11.7 Å². The van der Waals surface area contributed by atoms with E-state index >= 15 is 0 Å². The number of rotatable bonds is 5. The molecule has 3 aromatic rings. The van der Waals surface area contributed by atoms with Crippen molar-refractivity contribution in [3.8, 4) is 22.8 Å². The average molecular weight is 442 g/mol. The van der Waals surface area contributed by atoms with Crippen LogP contribution in [-0.2, 0) is 14.8 Å². The highest BCUT2D eigenvalue weighted by atomic mass is 32.2. The summed E-state index contributed by atoms with van der Waals surface area (Å²) in [5.74, 6) is 0.699. The van der Waals surface area contributed by atoms with Crippen molar-refractivity contribution in [3.63, 3.8) is 0 Å². The third-order valence-electron chi connectivity index (χ3n) is 4.69. The highest BCUT2D eigenvalue weighted by Crippen LogP contribution is 2.35. The summed E-state index contributed by atoms with van der Waals surface area (Å²) in [6.07, 6.45) is 0. The van der Waals surface area contributed by atoms with Gasteiger partial charge < -0.3 is 14.8 Å². The Morgan fingerprint density at radius 1 is 1.10 bits per heavy atom. The maximum absolute atomic E-state index is 12.7. The molecule has 11 heteroatoms. The second kappa shape index (κ2) is 7.85. The Kier molecular flexibility index (Phi) is 5.21. The Bertz CT molecular complexity index is 1320. The molecular formula is C20H18N4O6S. The highest BCUT2D eigenvalue weighted by Gasteiger charge is 2.20. The SMILES string of the molecule is CC(C(=O)Nc1ccc(S(N)(=O)=O)cc1)n1nc(-c2ccc3c(c2)OCO3)ccc1=O. The van der Waals surface area contributed by atoms with Gasteiger partial charge in [0.2, 0.25) is 22.7 Å². The number of carbonyl (C=O) groups is 1. The van der Waals surface area contributed by atoms with Crippen LogP contribution in [0.15, 0.2) is 64.3 Å². The van der Waals surface area contributed by atoms with Crippen LogP contribution in [0.4, 0.5) is 5.69 Å². The number of anilines is 1. The molecule has 0 fully saturated rings. The van der Waals surface area contributed by atoms with E-state index in [0.29, 0.717) is 28.4 Å². The van der Waals surface area contributed by atoms with E-state index in [1.807, 2.05) is 0 Å². The number of nitrogens with one attached hydrogen (secondary N) is 1. The van der Waals surface area contributed by atoms with Gasteiger partial charge in [-0.1, -0.05) is 0 Å². The maximum atomic E-state index is 12.7. The second-order valence-corrected chi connectivity index (χ2v) is 8.37. The zero-order chi connectivity index (χ0) is 22.2. The minimum atomic E-state index is -3.83. The lowest BCUT2D eigenvalue weighted by molar-refractivity contribution is -0.119. The second-order valence-electron chi connectivity index (χ2n) is 6.80. The van der Waals surface area contributed by atoms with Crippen LogP contribution in [0.25, 0.3) is 11.3 Å². The Morgan fingerprint density at radius 2 is 1.81 bits per heavy atom. The molecule has 3 N–H and O–H groups in total. The number of nitrogens with zero attached hydrogens (tertiary/aromatic N) is 2. The van der Waals surface area contributed by atoms with Gasteiger partial charge in [-0.25, -0.2) is 18.2 Å². The van der Waals surface area contributed by atoms with Crippen LogP contribution in [0, 0.1) is 0 Å². The van der Waals surface area contributed by atoms with Crippen LogP contribution in [0.5, 0.6) is 11.5 Å². The smallest absolute Gasteiger partial charge is 0.267 e. The van der Waals surface area contributed by atoms with Crippen molar-refractivity contribution in [1.82, 2.24) is 9.78 Å². The molecule has 1 aliphatic heterocycles. The van der Waals surface area contributed by atoms with E-state index in [1.54, 1.807) is 24.3 Å². The maximum Gasteiger partial charge on any atom is 0.267 e. The zero-order valence-corrected chi connectivity index (χ0v) is 17.1. The summed E-state index contributed by atoms with van der Waals surface area (Å²) in [5.41, 5.74) is 1.08. The van der Waals surface area contributed by atoms with E-state index in [0.717, 1.165) is 4.68 Å². The van der Waals surface area contributed by atoms with Crippen LogP contribution in [0.1, 0.15) is 13.0 Å². The Morgan fingerprint density at radius 3 is 2.52 bits per heavy atom. The molecule has 1 aliphatic rings.